The summed E-state index contributed by atoms with van der Waals surface area (Å²) in [6, 6.07) is 66.5. The van der Waals surface area contributed by atoms with E-state index in [1.165, 1.54) is 41.7 Å². The molecule has 0 aliphatic carbocycles. The lowest BCUT2D eigenvalue weighted by atomic mass is 10.1. The van der Waals surface area contributed by atoms with Gasteiger partial charge in [0.1, 0.15) is 0 Å². The van der Waals surface area contributed by atoms with Gasteiger partial charge < -0.3 is 9.13 Å². The van der Waals surface area contributed by atoms with Gasteiger partial charge in [-0.3, -0.25) is 0 Å². The maximum Gasteiger partial charge on any atom is 0.166 e. The molecule has 5 nitrogen and oxygen atoms in total. The van der Waals surface area contributed by atoms with E-state index in [-0.39, 0.29) is 0 Å². The highest BCUT2D eigenvalue weighted by atomic mass is 32.1. The summed E-state index contributed by atoms with van der Waals surface area (Å²) in [5.74, 6) is 1.86. The van der Waals surface area contributed by atoms with Crippen molar-refractivity contribution in [2.24, 2.45) is 0 Å². The Morgan fingerprint density at radius 1 is 0.368 bits per heavy atom. The molecule has 0 radical (unpaired) electrons. The molecule has 4 heterocycles. The molecule has 4 aromatic heterocycles. The van der Waals surface area contributed by atoms with E-state index in [0.717, 1.165) is 50.1 Å². The van der Waals surface area contributed by atoms with Crippen molar-refractivity contribution in [2.75, 3.05) is 0 Å². The first-order chi connectivity index (χ1) is 28.3. The maximum absolute atomic E-state index is 5.30. The third kappa shape index (κ3) is 4.91. The zero-order valence-corrected chi connectivity index (χ0v) is 31.4. The molecule has 6 heteroatoms. The summed E-state index contributed by atoms with van der Waals surface area (Å²) in [5.41, 5.74) is 9.36. The van der Waals surface area contributed by atoms with E-state index in [1.807, 2.05) is 47.7 Å². The van der Waals surface area contributed by atoms with Crippen LogP contribution in [0.5, 0.6) is 0 Å². The van der Waals surface area contributed by atoms with Gasteiger partial charge in [-0.25, -0.2) is 15.0 Å². The molecular weight excluding hydrogens is 715 g/mol. The summed E-state index contributed by atoms with van der Waals surface area (Å²) in [7, 11) is 0. The van der Waals surface area contributed by atoms with Crippen molar-refractivity contribution in [3.63, 3.8) is 0 Å². The Kier molecular flexibility index (Phi) is 7.03. The smallest absolute Gasteiger partial charge is 0.166 e. The molecule has 0 unspecified atom stereocenters. The minimum absolute atomic E-state index is 0.606. The molecule has 0 spiro atoms. The Hall–Kier alpha value is -7.41. The summed E-state index contributed by atoms with van der Waals surface area (Å²) in [4.78, 5) is 15.7. The number of benzene rings is 8. The lowest BCUT2D eigenvalue weighted by molar-refractivity contribution is 1.06. The van der Waals surface area contributed by atoms with Crippen LogP contribution in [-0.2, 0) is 0 Å². The Morgan fingerprint density at radius 3 is 1.54 bits per heavy atom. The second-order valence-corrected chi connectivity index (χ2v) is 15.4. The Morgan fingerprint density at radius 2 is 0.895 bits per heavy atom. The fourth-order valence-corrected chi connectivity index (χ4v) is 9.92. The SMILES string of the molecule is c1ccc(-c2nc(-c3ccccc3)nc(-c3cc(-n4c5ccccc5c5c6sc7ccccc7c6ccc54)ccc3-n3c4ccccc4c4ccccc43)n2)cc1. The van der Waals surface area contributed by atoms with Crippen molar-refractivity contribution in [1.82, 2.24) is 24.1 Å². The number of aromatic nitrogens is 5. The van der Waals surface area contributed by atoms with E-state index < -0.39 is 0 Å². The predicted octanol–water partition coefficient (Wildman–Crippen LogP) is 13.4. The predicted molar refractivity (Wildman–Crippen MR) is 238 cm³/mol. The lowest BCUT2D eigenvalue weighted by Crippen LogP contribution is -2.05. The number of hydrogen-bond acceptors (Lipinski definition) is 4. The molecule has 0 saturated heterocycles. The summed E-state index contributed by atoms with van der Waals surface area (Å²) in [6.45, 7) is 0. The van der Waals surface area contributed by atoms with Crippen molar-refractivity contribution < 1.29 is 0 Å². The van der Waals surface area contributed by atoms with Crippen LogP contribution in [0.3, 0.4) is 0 Å². The van der Waals surface area contributed by atoms with Crippen LogP contribution in [0.4, 0.5) is 0 Å². The largest absolute Gasteiger partial charge is 0.309 e. The van der Waals surface area contributed by atoms with Crippen LogP contribution >= 0.6 is 11.3 Å². The molecule has 0 fully saturated rings. The average Bonchev–Trinajstić information content (AvgIpc) is 3.94. The number of fused-ring (bicyclic) bond motifs is 10. The second kappa shape index (κ2) is 12.6. The van der Waals surface area contributed by atoms with E-state index in [0.29, 0.717) is 17.5 Å². The highest BCUT2D eigenvalue weighted by Gasteiger charge is 2.22. The molecule has 0 saturated carbocycles. The van der Waals surface area contributed by atoms with Crippen LogP contribution in [0.1, 0.15) is 0 Å². The minimum atomic E-state index is 0.606. The van der Waals surface area contributed by atoms with Gasteiger partial charge in [0, 0.05) is 64.1 Å². The van der Waals surface area contributed by atoms with Crippen LogP contribution in [0.15, 0.2) is 188 Å². The van der Waals surface area contributed by atoms with Gasteiger partial charge in [-0.15, -0.1) is 11.3 Å². The van der Waals surface area contributed by atoms with Gasteiger partial charge in [0.15, 0.2) is 17.5 Å². The molecule has 12 aromatic rings. The molecule has 266 valence electrons. The van der Waals surface area contributed by atoms with Crippen molar-refractivity contribution >= 4 is 75.1 Å². The van der Waals surface area contributed by atoms with Crippen molar-refractivity contribution in [3.8, 4) is 45.5 Å². The fraction of sp³-hybridized carbons (Fsp3) is 0. The Bertz CT molecular complexity index is 3410. The summed E-state index contributed by atoms with van der Waals surface area (Å²) < 4.78 is 7.38. The quantitative estimate of drug-likeness (QED) is 0.176. The Balaban J connectivity index is 1.19. The molecule has 8 aromatic carbocycles. The third-order valence-electron chi connectivity index (χ3n) is 11.2. The first-order valence-electron chi connectivity index (χ1n) is 19.1. The highest BCUT2D eigenvalue weighted by molar-refractivity contribution is 7.26. The molecule has 0 N–H and O–H groups in total. The molecule has 0 aliphatic heterocycles. The van der Waals surface area contributed by atoms with Crippen molar-refractivity contribution in [3.05, 3.63) is 188 Å². The van der Waals surface area contributed by atoms with E-state index in [4.69, 9.17) is 15.0 Å². The number of thiophene rings is 1. The molecule has 12 rings (SSSR count). The highest BCUT2D eigenvalue weighted by Crippen LogP contribution is 2.44. The van der Waals surface area contributed by atoms with Gasteiger partial charge in [-0.2, -0.15) is 0 Å². The van der Waals surface area contributed by atoms with E-state index in [2.05, 4.69) is 161 Å². The van der Waals surface area contributed by atoms with Crippen LogP contribution in [0.2, 0.25) is 0 Å². The van der Waals surface area contributed by atoms with E-state index >= 15 is 0 Å². The fourth-order valence-electron chi connectivity index (χ4n) is 8.66. The normalized spacial score (nSPS) is 11.9. The second-order valence-electron chi connectivity index (χ2n) is 14.4. The summed E-state index contributed by atoms with van der Waals surface area (Å²) in [6.07, 6.45) is 0. The monoisotopic (exact) mass is 745 g/mol. The van der Waals surface area contributed by atoms with Crippen LogP contribution < -0.4 is 0 Å². The van der Waals surface area contributed by atoms with Crippen molar-refractivity contribution in [1.29, 1.82) is 0 Å². The average molecular weight is 746 g/mol. The zero-order valence-electron chi connectivity index (χ0n) is 30.5. The topological polar surface area (TPSA) is 48.5 Å². The molecule has 0 aliphatic rings. The number of hydrogen-bond donors (Lipinski definition) is 0. The van der Waals surface area contributed by atoms with E-state index in [1.54, 1.807) is 0 Å². The van der Waals surface area contributed by atoms with Gasteiger partial charge >= 0.3 is 0 Å². The van der Waals surface area contributed by atoms with Gasteiger partial charge in [0.05, 0.1) is 27.8 Å². The zero-order chi connectivity index (χ0) is 37.5. The first-order valence-corrected chi connectivity index (χ1v) is 19.9. The van der Waals surface area contributed by atoms with Crippen LogP contribution in [0.25, 0.3) is 109 Å². The molecule has 0 atom stereocenters. The first kappa shape index (κ1) is 31.9. The number of nitrogens with zero attached hydrogens (tertiary/aromatic N) is 5. The summed E-state index contributed by atoms with van der Waals surface area (Å²) >= 11 is 1.87. The van der Waals surface area contributed by atoms with E-state index in [9.17, 15) is 0 Å². The standard InChI is InChI=1S/C51H31N5S/c1-3-15-32(16-4-1)49-52-50(33-17-5-2-6-18-33)54-51(53-49)40-31-34(27-29-44(40)56-41-23-11-7-19-35(41)36-20-8-12-24-42(36)56)55-43-25-13-9-22-39(43)47-45(55)30-28-38-37-21-10-14-26-46(37)57-48(38)47/h1-31H. The van der Waals surface area contributed by atoms with Gasteiger partial charge in [-0.1, -0.05) is 140 Å². The molecular formula is C51H31N5S. The van der Waals surface area contributed by atoms with Crippen LogP contribution in [0, 0.1) is 0 Å². The number of rotatable bonds is 5. The Labute approximate surface area is 331 Å². The third-order valence-corrected chi connectivity index (χ3v) is 12.4. The minimum Gasteiger partial charge on any atom is -0.309 e. The van der Waals surface area contributed by atoms with Crippen molar-refractivity contribution in [2.45, 2.75) is 0 Å². The maximum atomic E-state index is 5.30. The summed E-state index contributed by atoms with van der Waals surface area (Å²) in [5, 5.41) is 7.49. The number of para-hydroxylation sites is 3. The lowest BCUT2D eigenvalue weighted by Gasteiger charge is -2.17. The molecule has 0 bridgehead atoms. The van der Waals surface area contributed by atoms with Gasteiger partial charge in [0.25, 0.3) is 0 Å². The van der Waals surface area contributed by atoms with Gasteiger partial charge in [-0.05, 0) is 48.5 Å². The van der Waals surface area contributed by atoms with Crippen LogP contribution in [-0.4, -0.2) is 24.1 Å². The van der Waals surface area contributed by atoms with Gasteiger partial charge in [0.2, 0.25) is 0 Å². The molecule has 0 amide bonds. The molecule has 57 heavy (non-hydrogen) atoms.